The van der Waals surface area contributed by atoms with Crippen molar-refractivity contribution in [2.24, 2.45) is 0 Å². The van der Waals surface area contributed by atoms with Crippen molar-refractivity contribution in [2.45, 2.75) is 32.0 Å². The van der Waals surface area contributed by atoms with Gasteiger partial charge >= 0.3 is 0 Å². The molecule has 1 aromatic carbocycles. The molecule has 0 aliphatic carbocycles. The largest absolute Gasteiger partial charge is 0.458 e. The van der Waals surface area contributed by atoms with E-state index in [0.29, 0.717) is 5.76 Å². The zero-order valence-corrected chi connectivity index (χ0v) is 10.7. The molecule has 0 saturated heterocycles. The Morgan fingerprint density at radius 2 is 1.82 bits per heavy atom. The van der Waals surface area contributed by atoms with Gasteiger partial charge in [-0.2, -0.15) is 0 Å². The summed E-state index contributed by atoms with van der Waals surface area (Å²) in [4.78, 5) is 0. The zero-order valence-electron chi connectivity index (χ0n) is 10.7. The van der Waals surface area contributed by atoms with Crippen LogP contribution in [0.2, 0.25) is 0 Å². The molecule has 2 rings (SSSR count). The Morgan fingerprint density at radius 3 is 2.41 bits per heavy atom. The standard InChI is InChI=1S/C14H18O3/c1-13(2,16-4)14(3,15)12-9-10-7-5-6-8-11(10)17-12/h5-9,15H,1-4H3. The predicted octanol–water partition coefficient (Wildman–Crippen LogP) is 3.07. The molecule has 0 fully saturated rings. The molecule has 0 bridgehead atoms. The number of hydrogen-bond acceptors (Lipinski definition) is 3. The van der Waals surface area contributed by atoms with Gasteiger partial charge in [0, 0.05) is 12.5 Å². The molecule has 1 atom stereocenters. The minimum absolute atomic E-state index is 0.519. The molecule has 92 valence electrons. The first kappa shape index (κ1) is 12.1. The molecular weight excluding hydrogens is 216 g/mol. The summed E-state index contributed by atoms with van der Waals surface area (Å²) < 4.78 is 11.0. The lowest BCUT2D eigenvalue weighted by atomic mass is 9.85. The first-order chi connectivity index (χ1) is 7.88. The summed E-state index contributed by atoms with van der Waals surface area (Å²) >= 11 is 0. The first-order valence-corrected chi connectivity index (χ1v) is 5.65. The van der Waals surface area contributed by atoms with Crippen LogP contribution in [0.1, 0.15) is 26.5 Å². The van der Waals surface area contributed by atoms with Crippen LogP contribution in [0.3, 0.4) is 0 Å². The minimum Gasteiger partial charge on any atom is -0.458 e. The number of para-hydroxylation sites is 1. The van der Waals surface area contributed by atoms with E-state index in [4.69, 9.17) is 9.15 Å². The van der Waals surface area contributed by atoms with E-state index in [1.807, 2.05) is 44.2 Å². The van der Waals surface area contributed by atoms with Crippen LogP contribution in [0.4, 0.5) is 0 Å². The van der Waals surface area contributed by atoms with E-state index in [1.165, 1.54) is 0 Å². The van der Waals surface area contributed by atoms with Gasteiger partial charge < -0.3 is 14.3 Å². The summed E-state index contributed by atoms with van der Waals surface area (Å²) in [5.41, 5.74) is -1.13. The lowest BCUT2D eigenvalue weighted by molar-refractivity contribution is -0.154. The number of aliphatic hydroxyl groups is 1. The molecule has 1 N–H and O–H groups in total. The van der Waals surface area contributed by atoms with Crippen molar-refractivity contribution < 1.29 is 14.3 Å². The Balaban J connectivity index is 2.52. The van der Waals surface area contributed by atoms with Crippen LogP contribution in [0.25, 0.3) is 11.0 Å². The van der Waals surface area contributed by atoms with E-state index >= 15 is 0 Å². The van der Waals surface area contributed by atoms with Gasteiger partial charge in [-0.3, -0.25) is 0 Å². The van der Waals surface area contributed by atoms with E-state index in [9.17, 15) is 5.11 Å². The first-order valence-electron chi connectivity index (χ1n) is 5.65. The monoisotopic (exact) mass is 234 g/mol. The third-order valence-corrected chi connectivity index (χ3v) is 3.59. The maximum atomic E-state index is 10.6. The zero-order chi connectivity index (χ0) is 12.7. The summed E-state index contributed by atoms with van der Waals surface area (Å²) in [6.45, 7) is 5.37. The fraction of sp³-hybridized carbons (Fsp3) is 0.429. The highest BCUT2D eigenvalue weighted by atomic mass is 16.5. The van der Waals surface area contributed by atoms with Gasteiger partial charge in [0.1, 0.15) is 16.9 Å². The van der Waals surface area contributed by atoms with Crippen LogP contribution in [-0.2, 0) is 10.3 Å². The van der Waals surface area contributed by atoms with E-state index in [2.05, 4.69) is 0 Å². The van der Waals surface area contributed by atoms with Gasteiger partial charge in [0.05, 0.1) is 5.60 Å². The van der Waals surface area contributed by atoms with Crippen LogP contribution < -0.4 is 0 Å². The maximum absolute atomic E-state index is 10.6. The van der Waals surface area contributed by atoms with E-state index < -0.39 is 11.2 Å². The van der Waals surface area contributed by atoms with Crippen molar-refractivity contribution in [3.63, 3.8) is 0 Å². The molecule has 0 aliphatic rings. The fourth-order valence-electron chi connectivity index (χ4n) is 1.72. The molecule has 0 saturated carbocycles. The van der Waals surface area contributed by atoms with Crippen molar-refractivity contribution in [3.05, 3.63) is 36.1 Å². The minimum atomic E-state index is -1.18. The summed E-state index contributed by atoms with van der Waals surface area (Å²) in [6, 6.07) is 9.55. The molecule has 3 heteroatoms. The highest BCUT2D eigenvalue weighted by Gasteiger charge is 2.43. The predicted molar refractivity (Wildman–Crippen MR) is 66.9 cm³/mol. The quantitative estimate of drug-likeness (QED) is 0.887. The van der Waals surface area contributed by atoms with Crippen molar-refractivity contribution in [1.82, 2.24) is 0 Å². The fourth-order valence-corrected chi connectivity index (χ4v) is 1.72. The van der Waals surface area contributed by atoms with Gasteiger partial charge in [-0.25, -0.2) is 0 Å². The Morgan fingerprint density at radius 1 is 1.18 bits per heavy atom. The third kappa shape index (κ3) is 1.85. The van der Waals surface area contributed by atoms with E-state index in [0.717, 1.165) is 11.0 Å². The number of methoxy groups -OCH3 is 1. The van der Waals surface area contributed by atoms with Gasteiger partial charge in [-0.05, 0) is 32.9 Å². The number of ether oxygens (including phenoxy) is 1. The van der Waals surface area contributed by atoms with Crippen LogP contribution in [0.15, 0.2) is 34.7 Å². The van der Waals surface area contributed by atoms with Gasteiger partial charge in [0.15, 0.2) is 0 Å². The average molecular weight is 234 g/mol. The van der Waals surface area contributed by atoms with E-state index in [1.54, 1.807) is 14.0 Å². The van der Waals surface area contributed by atoms with Gasteiger partial charge in [0.25, 0.3) is 0 Å². The highest BCUT2D eigenvalue weighted by molar-refractivity contribution is 5.77. The second-order valence-electron chi connectivity index (χ2n) is 4.94. The number of hydrogen-bond donors (Lipinski definition) is 1. The summed E-state index contributed by atoms with van der Waals surface area (Å²) in [7, 11) is 1.58. The molecule has 1 aromatic heterocycles. The van der Waals surface area contributed by atoms with Crippen molar-refractivity contribution in [3.8, 4) is 0 Å². The van der Waals surface area contributed by atoms with Crippen LogP contribution in [0, 0.1) is 0 Å². The van der Waals surface area contributed by atoms with Gasteiger partial charge in [-0.15, -0.1) is 0 Å². The average Bonchev–Trinajstić information content (AvgIpc) is 2.72. The Hall–Kier alpha value is -1.32. The van der Waals surface area contributed by atoms with Crippen LogP contribution in [-0.4, -0.2) is 17.8 Å². The second-order valence-corrected chi connectivity index (χ2v) is 4.94. The molecular formula is C14H18O3. The molecule has 3 nitrogen and oxygen atoms in total. The summed E-state index contributed by atoms with van der Waals surface area (Å²) in [5, 5.41) is 11.6. The lowest BCUT2D eigenvalue weighted by Crippen LogP contribution is -2.46. The van der Waals surface area contributed by atoms with Crippen molar-refractivity contribution >= 4 is 11.0 Å². The van der Waals surface area contributed by atoms with Crippen LogP contribution >= 0.6 is 0 Å². The van der Waals surface area contributed by atoms with Crippen molar-refractivity contribution in [2.75, 3.05) is 7.11 Å². The molecule has 17 heavy (non-hydrogen) atoms. The lowest BCUT2D eigenvalue weighted by Gasteiger charge is -2.37. The molecule has 0 radical (unpaired) electrons. The Labute approximate surface area is 101 Å². The topological polar surface area (TPSA) is 42.6 Å². The summed E-state index contributed by atoms with van der Waals surface area (Å²) in [5.74, 6) is 0.519. The molecule has 1 unspecified atom stereocenters. The SMILES string of the molecule is COC(C)(C)C(C)(O)c1cc2ccccc2o1. The normalized spacial score (nSPS) is 16.1. The maximum Gasteiger partial charge on any atom is 0.147 e. The molecule has 2 aromatic rings. The Kier molecular flexibility index (Phi) is 2.76. The van der Waals surface area contributed by atoms with Crippen LogP contribution in [0.5, 0.6) is 0 Å². The molecule has 1 heterocycles. The smallest absolute Gasteiger partial charge is 0.147 e. The Bertz CT molecular complexity index is 490. The van der Waals surface area contributed by atoms with Crippen molar-refractivity contribution in [1.29, 1.82) is 0 Å². The second kappa shape index (κ2) is 3.86. The highest BCUT2D eigenvalue weighted by Crippen LogP contribution is 2.37. The number of furan rings is 1. The third-order valence-electron chi connectivity index (χ3n) is 3.59. The van der Waals surface area contributed by atoms with E-state index in [-0.39, 0.29) is 0 Å². The number of rotatable bonds is 3. The molecule has 0 amide bonds. The van der Waals surface area contributed by atoms with Gasteiger partial charge in [0.2, 0.25) is 0 Å². The molecule has 0 spiro atoms. The van der Waals surface area contributed by atoms with Gasteiger partial charge in [-0.1, -0.05) is 18.2 Å². The summed E-state index contributed by atoms with van der Waals surface area (Å²) in [6.07, 6.45) is 0. The molecule has 0 aliphatic heterocycles. The number of benzene rings is 1. The number of fused-ring (bicyclic) bond motifs is 1.